The molecule has 31 heavy (non-hydrogen) atoms. The van der Waals surface area contributed by atoms with Crippen LogP contribution in [0.1, 0.15) is 22.7 Å². The lowest BCUT2D eigenvalue weighted by molar-refractivity contribution is -0.126. The molecule has 2 fully saturated rings. The average molecular weight is 414 g/mol. The first-order valence-electron chi connectivity index (χ1n) is 10.2. The number of carbonyl (C=O) groups excluding carboxylic acids is 2. The third-order valence-electron chi connectivity index (χ3n) is 5.95. The summed E-state index contributed by atoms with van der Waals surface area (Å²) in [6.07, 6.45) is -0.910. The molecule has 0 aliphatic carbocycles. The molecule has 1 N–H and O–H groups in total. The van der Waals surface area contributed by atoms with E-state index in [1.807, 2.05) is 62.4 Å². The first kappa shape index (κ1) is 19.3. The fraction of sp³-hybridized carbons (Fsp3) is 0.200. The van der Waals surface area contributed by atoms with Crippen LogP contribution in [0, 0.1) is 19.8 Å². The second kappa shape index (κ2) is 7.25. The van der Waals surface area contributed by atoms with E-state index >= 15 is 0 Å². The van der Waals surface area contributed by atoms with Gasteiger partial charge in [0, 0.05) is 0 Å². The van der Waals surface area contributed by atoms with E-state index in [-0.39, 0.29) is 17.6 Å². The number of phenolic OH excluding ortho intramolecular Hbond substituents is 1. The zero-order valence-electron chi connectivity index (χ0n) is 17.2. The number of aromatic hydroxyl groups is 1. The normalized spacial score (nSPS) is 22.8. The van der Waals surface area contributed by atoms with Crippen molar-refractivity contribution >= 4 is 23.2 Å². The molecular weight excluding hydrogens is 392 g/mol. The molecule has 3 atom stereocenters. The molecule has 2 aliphatic heterocycles. The van der Waals surface area contributed by atoms with Crippen molar-refractivity contribution in [2.24, 2.45) is 5.92 Å². The summed E-state index contributed by atoms with van der Waals surface area (Å²) in [6, 6.07) is 21.3. The van der Waals surface area contributed by atoms with Crippen LogP contribution >= 0.6 is 0 Å². The van der Waals surface area contributed by atoms with Gasteiger partial charge in [0.15, 0.2) is 6.10 Å². The second-order valence-corrected chi connectivity index (χ2v) is 8.05. The molecule has 0 bridgehead atoms. The Balaban J connectivity index is 1.59. The number of anilines is 2. The van der Waals surface area contributed by atoms with Gasteiger partial charge in [0.2, 0.25) is 5.91 Å². The van der Waals surface area contributed by atoms with Gasteiger partial charge in [-0.1, -0.05) is 48.0 Å². The molecule has 0 unspecified atom stereocenters. The van der Waals surface area contributed by atoms with Gasteiger partial charge in [0.1, 0.15) is 11.7 Å². The van der Waals surface area contributed by atoms with Crippen LogP contribution in [-0.2, 0) is 14.4 Å². The third kappa shape index (κ3) is 3.07. The molecule has 2 saturated heterocycles. The number of hydroxylamine groups is 1. The zero-order valence-corrected chi connectivity index (χ0v) is 17.2. The Hall–Kier alpha value is -3.64. The molecule has 6 heteroatoms. The molecule has 0 spiro atoms. The largest absolute Gasteiger partial charge is 0.508 e. The van der Waals surface area contributed by atoms with Crippen LogP contribution in [0.2, 0.25) is 0 Å². The van der Waals surface area contributed by atoms with E-state index in [0.717, 1.165) is 22.4 Å². The van der Waals surface area contributed by atoms with E-state index in [1.54, 1.807) is 29.3 Å². The van der Waals surface area contributed by atoms with Crippen molar-refractivity contribution in [1.29, 1.82) is 0 Å². The molecule has 0 saturated carbocycles. The van der Waals surface area contributed by atoms with Gasteiger partial charge in [-0.3, -0.25) is 14.4 Å². The summed E-state index contributed by atoms with van der Waals surface area (Å²) < 4.78 is 0. The number of amides is 2. The summed E-state index contributed by atoms with van der Waals surface area (Å²) >= 11 is 0. The highest BCUT2D eigenvalue weighted by Crippen LogP contribution is 2.48. The van der Waals surface area contributed by atoms with E-state index in [9.17, 15) is 14.7 Å². The van der Waals surface area contributed by atoms with Gasteiger partial charge in [0.25, 0.3) is 5.91 Å². The molecule has 0 aromatic heterocycles. The number of phenols is 1. The third-order valence-corrected chi connectivity index (χ3v) is 5.95. The maximum Gasteiger partial charge on any atom is 0.266 e. The average Bonchev–Trinajstić information content (AvgIpc) is 3.26. The van der Waals surface area contributed by atoms with E-state index < -0.39 is 18.1 Å². The van der Waals surface area contributed by atoms with Crippen LogP contribution in [0.3, 0.4) is 0 Å². The number of aryl methyl sites for hydroxylation is 2. The SMILES string of the molecule is Cc1ccc(N2C(=O)[C@H]3[C@H](ON(c4ccccc4)[C@@H]3c3ccc(O)cc3)C2=O)c(C)c1. The maximum absolute atomic E-state index is 13.6. The van der Waals surface area contributed by atoms with Crippen LogP contribution in [-0.4, -0.2) is 23.0 Å². The fourth-order valence-corrected chi connectivity index (χ4v) is 4.52. The zero-order chi connectivity index (χ0) is 21.7. The number of hydrogen-bond donors (Lipinski definition) is 1. The minimum Gasteiger partial charge on any atom is -0.508 e. The van der Waals surface area contributed by atoms with Crippen molar-refractivity contribution in [2.75, 3.05) is 9.96 Å². The molecule has 3 aromatic carbocycles. The number of fused-ring (bicyclic) bond motifs is 1. The van der Waals surface area contributed by atoms with Gasteiger partial charge in [0.05, 0.1) is 17.4 Å². The van der Waals surface area contributed by atoms with Crippen molar-refractivity contribution < 1.29 is 19.5 Å². The van der Waals surface area contributed by atoms with Gasteiger partial charge in [-0.15, -0.1) is 0 Å². The van der Waals surface area contributed by atoms with Crippen LogP contribution in [0.25, 0.3) is 0 Å². The Labute approximate surface area is 180 Å². The molecule has 2 amide bonds. The highest BCUT2D eigenvalue weighted by Gasteiger charge is 2.60. The Bertz CT molecular complexity index is 1160. The summed E-state index contributed by atoms with van der Waals surface area (Å²) in [4.78, 5) is 34.4. The first-order chi connectivity index (χ1) is 15.0. The molecule has 5 rings (SSSR count). The van der Waals surface area contributed by atoms with E-state index in [0.29, 0.717) is 5.69 Å². The molecule has 156 valence electrons. The Morgan fingerprint density at radius 3 is 2.26 bits per heavy atom. The molecule has 3 aromatic rings. The van der Waals surface area contributed by atoms with Crippen molar-refractivity contribution in [3.63, 3.8) is 0 Å². The summed E-state index contributed by atoms with van der Waals surface area (Å²) in [7, 11) is 0. The lowest BCUT2D eigenvalue weighted by Gasteiger charge is -2.29. The van der Waals surface area contributed by atoms with E-state index in [2.05, 4.69) is 0 Å². The molecular formula is C25H22N2O4. The quantitative estimate of drug-likeness (QED) is 0.655. The Morgan fingerprint density at radius 1 is 0.871 bits per heavy atom. The van der Waals surface area contributed by atoms with Crippen molar-refractivity contribution in [3.05, 3.63) is 89.5 Å². The smallest absolute Gasteiger partial charge is 0.266 e. The lowest BCUT2D eigenvalue weighted by atomic mass is 9.90. The number of benzene rings is 3. The predicted molar refractivity (Wildman–Crippen MR) is 117 cm³/mol. The number of hydrogen-bond acceptors (Lipinski definition) is 5. The number of imide groups is 1. The summed E-state index contributed by atoms with van der Waals surface area (Å²) in [5.74, 6) is -1.20. The number of nitrogens with zero attached hydrogens (tertiary/aromatic N) is 2. The predicted octanol–water partition coefficient (Wildman–Crippen LogP) is 4.06. The molecule has 0 radical (unpaired) electrons. The fourth-order valence-electron chi connectivity index (χ4n) is 4.52. The standard InChI is InChI=1S/C25H22N2O4/c1-15-8-13-20(16(2)14-15)26-24(29)21-22(17-9-11-19(28)12-10-17)27(31-23(21)25(26)30)18-6-4-3-5-7-18/h3-14,21-23,28H,1-2H3/t21-,22-,23+/m1/s1. The van der Waals surface area contributed by atoms with Crippen molar-refractivity contribution in [3.8, 4) is 5.75 Å². The number of para-hydroxylation sites is 1. The minimum atomic E-state index is -0.910. The molecule has 6 nitrogen and oxygen atoms in total. The topological polar surface area (TPSA) is 70.1 Å². The summed E-state index contributed by atoms with van der Waals surface area (Å²) in [5.41, 5.74) is 4.07. The van der Waals surface area contributed by atoms with Gasteiger partial charge < -0.3 is 5.11 Å². The Morgan fingerprint density at radius 2 is 1.58 bits per heavy atom. The van der Waals surface area contributed by atoms with Gasteiger partial charge >= 0.3 is 0 Å². The lowest BCUT2D eigenvalue weighted by Crippen LogP contribution is -2.37. The van der Waals surface area contributed by atoms with Crippen LogP contribution in [0.5, 0.6) is 5.75 Å². The van der Waals surface area contributed by atoms with Crippen LogP contribution < -0.4 is 9.96 Å². The van der Waals surface area contributed by atoms with E-state index in [4.69, 9.17) is 4.84 Å². The minimum absolute atomic E-state index is 0.135. The van der Waals surface area contributed by atoms with Gasteiger partial charge in [-0.05, 0) is 55.3 Å². The molecule has 2 aliphatic rings. The summed E-state index contributed by atoms with van der Waals surface area (Å²) in [5, 5.41) is 11.4. The van der Waals surface area contributed by atoms with Crippen molar-refractivity contribution in [1.82, 2.24) is 0 Å². The van der Waals surface area contributed by atoms with Gasteiger partial charge in [-0.2, -0.15) is 0 Å². The Kier molecular flexibility index (Phi) is 4.52. The van der Waals surface area contributed by atoms with Crippen LogP contribution in [0.15, 0.2) is 72.8 Å². The summed E-state index contributed by atoms with van der Waals surface area (Å²) in [6.45, 7) is 3.87. The van der Waals surface area contributed by atoms with Crippen molar-refractivity contribution in [2.45, 2.75) is 26.0 Å². The highest BCUT2D eigenvalue weighted by atomic mass is 16.7. The second-order valence-electron chi connectivity index (χ2n) is 8.05. The maximum atomic E-state index is 13.6. The monoisotopic (exact) mass is 414 g/mol. The number of rotatable bonds is 3. The first-order valence-corrected chi connectivity index (χ1v) is 10.2. The van der Waals surface area contributed by atoms with Crippen LogP contribution in [0.4, 0.5) is 11.4 Å². The molecule has 2 heterocycles. The highest BCUT2D eigenvalue weighted by molar-refractivity contribution is 6.24. The van der Waals surface area contributed by atoms with Gasteiger partial charge in [-0.25, -0.2) is 9.96 Å². The van der Waals surface area contributed by atoms with E-state index in [1.165, 1.54) is 4.90 Å². The number of carbonyl (C=O) groups is 2.